The molecule has 1 atom stereocenters. The van der Waals surface area contributed by atoms with E-state index in [1.165, 1.54) is 0 Å². The third kappa shape index (κ3) is 3.77. The molecule has 0 N–H and O–H groups in total. The van der Waals surface area contributed by atoms with E-state index in [0.29, 0.717) is 6.61 Å². The Bertz CT molecular complexity index is 501. The number of nitrogens with zero attached hydrogens (tertiary/aromatic N) is 3. The van der Waals surface area contributed by atoms with Crippen LogP contribution in [0.3, 0.4) is 0 Å². The van der Waals surface area contributed by atoms with Crippen LogP contribution >= 0.6 is 11.6 Å². The molecule has 6 heteroatoms. The second kappa shape index (κ2) is 7.27. The van der Waals surface area contributed by atoms with Gasteiger partial charge in [-0.2, -0.15) is 5.10 Å². The van der Waals surface area contributed by atoms with Crippen LogP contribution in [0.25, 0.3) is 0 Å². The Labute approximate surface area is 131 Å². The lowest BCUT2D eigenvalue weighted by atomic mass is 9.98. The van der Waals surface area contributed by atoms with E-state index >= 15 is 0 Å². The van der Waals surface area contributed by atoms with Crippen molar-refractivity contribution in [1.82, 2.24) is 14.7 Å². The molecule has 1 aromatic heterocycles. The highest BCUT2D eigenvalue weighted by Crippen LogP contribution is 2.25. The highest BCUT2D eigenvalue weighted by atomic mass is 35.5. The van der Waals surface area contributed by atoms with Gasteiger partial charge in [0.2, 0.25) is 0 Å². The van der Waals surface area contributed by atoms with Gasteiger partial charge in [0.25, 0.3) is 0 Å². The summed E-state index contributed by atoms with van der Waals surface area (Å²) in [5, 5.41) is 5.21. The average molecular weight is 314 g/mol. The fourth-order valence-corrected chi connectivity index (χ4v) is 3.21. The van der Waals surface area contributed by atoms with E-state index in [1.54, 1.807) is 0 Å². The lowest BCUT2D eigenvalue weighted by Crippen LogP contribution is -2.39. The predicted octanol–water partition coefficient (Wildman–Crippen LogP) is 2.41. The Hall–Kier alpha value is -1.07. The maximum Gasteiger partial charge on any atom is 0.310 e. The molecule has 0 bridgehead atoms. The van der Waals surface area contributed by atoms with Crippen molar-refractivity contribution in [3.05, 3.63) is 16.4 Å². The highest BCUT2D eigenvalue weighted by Gasteiger charge is 2.28. The number of carbonyl (C=O) groups excluding carboxylic acids is 1. The summed E-state index contributed by atoms with van der Waals surface area (Å²) in [6, 6.07) is 0. The first-order valence-corrected chi connectivity index (χ1v) is 8.03. The Balaban J connectivity index is 2.03. The molecule has 2 heterocycles. The molecule has 21 heavy (non-hydrogen) atoms. The molecule has 0 amide bonds. The number of hydrogen-bond acceptors (Lipinski definition) is 4. The average Bonchev–Trinajstić information content (AvgIpc) is 2.75. The van der Waals surface area contributed by atoms with Gasteiger partial charge in [0.1, 0.15) is 0 Å². The third-order valence-electron chi connectivity index (χ3n) is 4.00. The van der Waals surface area contributed by atoms with Crippen LogP contribution in [-0.2, 0) is 29.5 Å². The summed E-state index contributed by atoms with van der Waals surface area (Å²) in [6.45, 7) is 6.80. The predicted molar refractivity (Wildman–Crippen MR) is 82.2 cm³/mol. The molecule has 0 radical (unpaired) electrons. The summed E-state index contributed by atoms with van der Waals surface area (Å²) < 4.78 is 7.00. The minimum Gasteiger partial charge on any atom is -0.466 e. The summed E-state index contributed by atoms with van der Waals surface area (Å²) in [7, 11) is 1.92. The van der Waals surface area contributed by atoms with Crippen molar-refractivity contribution in [1.29, 1.82) is 0 Å². The van der Waals surface area contributed by atoms with Gasteiger partial charge in [-0.1, -0.05) is 18.5 Å². The van der Waals surface area contributed by atoms with Crippen molar-refractivity contribution in [2.45, 2.75) is 39.7 Å². The van der Waals surface area contributed by atoms with Crippen molar-refractivity contribution < 1.29 is 9.53 Å². The summed E-state index contributed by atoms with van der Waals surface area (Å²) >= 11 is 6.40. The number of piperidine rings is 1. The monoisotopic (exact) mass is 313 g/mol. The summed E-state index contributed by atoms with van der Waals surface area (Å²) in [4.78, 5) is 14.2. The van der Waals surface area contributed by atoms with Gasteiger partial charge in [-0.15, -0.1) is 0 Å². The lowest BCUT2D eigenvalue weighted by Gasteiger charge is -2.31. The van der Waals surface area contributed by atoms with E-state index in [4.69, 9.17) is 16.3 Å². The fraction of sp³-hybridized carbons (Fsp3) is 0.733. The first-order valence-electron chi connectivity index (χ1n) is 7.66. The van der Waals surface area contributed by atoms with Crippen LogP contribution in [0.1, 0.15) is 38.1 Å². The Morgan fingerprint density at radius 2 is 2.24 bits per heavy atom. The number of esters is 1. The minimum absolute atomic E-state index is 0.0173. The largest absolute Gasteiger partial charge is 0.466 e. The summed E-state index contributed by atoms with van der Waals surface area (Å²) in [6.07, 6.45) is 2.76. The molecular formula is C15H24ClN3O2. The number of ether oxygens (including phenoxy) is 1. The zero-order chi connectivity index (χ0) is 15.4. The summed E-state index contributed by atoms with van der Waals surface area (Å²) in [5.41, 5.74) is 1.96. The number of rotatable bonds is 5. The molecule has 1 aliphatic heterocycles. The maximum atomic E-state index is 11.9. The zero-order valence-corrected chi connectivity index (χ0v) is 13.8. The first kappa shape index (κ1) is 16.3. The molecule has 0 saturated carbocycles. The standard InChI is InChI=1S/C15H24ClN3O2/c1-4-12-14(16)13(18(3)17-12)10-19-8-6-7-11(9-19)15(20)21-5-2/h11H,4-10H2,1-3H3. The molecule has 0 spiro atoms. The number of aryl methyl sites for hydroxylation is 2. The molecule has 118 valence electrons. The van der Waals surface area contributed by atoms with Gasteiger partial charge in [-0.25, -0.2) is 0 Å². The van der Waals surface area contributed by atoms with Gasteiger partial charge < -0.3 is 4.74 Å². The van der Waals surface area contributed by atoms with Crippen LogP contribution in [0.15, 0.2) is 0 Å². The second-order valence-corrected chi connectivity index (χ2v) is 5.89. The van der Waals surface area contributed by atoms with Crippen LogP contribution in [0, 0.1) is 5.92 Å². The molecule has 0 aliphatic carbocycles. The number of carbonyl (C=O) groups is 1. The SMILES string of the molecule is CCOC(=O)C1CCCN(Cc2c(Cl)c(CC)nn2C)C1. The Morgan fingerprint density at radius 1 is 1.48 bits per heavy atom. The summed E-state index contributed by atoms with van der Waals surface area (Å²) in [5.74, 6) is -0.0936. The van der Waals surface area contributed by atoms with E-state index in [2.05, 4.69) is 16.9 Å². The Morgan fingerprint density at radius 3 is 2.86 bits per heavy atom. The van der Waals surface area contributed by atoms with E-state index in [-0.39, 0.29) is 11.9 Å². The van der Waals surface area contributed by atoms with Crippen molar-refractivity contribution >= 4 is 17.6 Å². The smallest absolute Gasteiger partial charge is 0.310 e. The minimum atomic E-state index is -0.0763. The van der Waals surface area contributed by atoms with Crippen molar-refractivity contribution in [2.24, 2.45) is 13.0 Å². The quantitative estimate of drug-likeness (QED) is 0.783. The van der Waals surface area contributed by atoms with Gasteiger partial charge in [-0.3, -0.25) is 14.4 Å². The molecular weight excluding hydrogens is 290 g/mol. The molecule has 1 fully saturated rings. The lowest BCUT2D eigenvalue weighted by molar-refractivity contribution is -0.150. The molecule has 1 saturated heterocycles. The van der Waals surface area contributed by atoms with Crippen LogP contribution in [0.2, 0.25) is 5.02 Å². The zero-order valence-electron chi connectivity index (χ0n) is 13.1. The third-order valence-corrected chi connectivity index (χ3v) is 4.44. The van der Waals surface area contributed by atoms with E-state index in [1.807, 2.05) is 18.7 Å². The normalized spacial score (nSPS) is 19.7. The number of hydrogen-bond donors (Lipinski definition) is 0. The molecule has 2 rings (SSSR count). The topological polar surface area (TPSA) is 47.4 Å². The van der Waals surface area contributed by atoms with Gasteiger partial charge >= 0.3 is 5.97 Å². The van der Waals surface area contributed by atoms with E-state index in [9.17, 15) is 4.79 Å². The van der Waals surface area contributed by atoms with Gasteiger partial charge in [0.15, 0.2) is 0 Å². The second-order valence-electron chi connectivity index (χ2n) is 5.51. The van der Waals surface area contributed by atoms with Gasteiger partial charge in [-0.05, 0) is 32.7 Å². The van der Waals surface area contributed by atoms with Crippen molar-refractivity contribution in [3.63, 3.8) is 0 Å². The van der Waals surface area contributed by atoms with Crippen molar-refractivity contribution in [2.75, 3.05) is 19.7 Å². The van der Waals surface area contributed by atoms with Gasteiger partial charge in [0.05, 0.1) is 28.9 Å². The number of halogens is 1. The van der Waals surface area contributed by atoms with Crippen LogP contribution in [0.4, 0.5) is 0 Å². The Kier molecular flexibility index (Phi) is 5.65. The van der Waals surface area contributed by atoms with Crippen LogP contribution < -0.4 is 0 Å². The highest BCUT2D eigenvalue weighted by molar-refractivity contribution is 6.31. The molecule has 1 aromatic rings. The van der Waals surface area contributed by atoms with Crippen LogP contribution in [-0.4, -0.2) is 40.3 Å². The first-order chi connectivity index (χ1) is 10.1. The number of aromatic nitrogens is 2. The molecule has 5 nitrogen and oxygen atoms in total. The fourth-order valence-electron chi connectivity index (χ4n) is 2.86. The van der Waals surface area contributed by atoms with E-state index in [0.717, 1.165) is 55.3 Å². The van der Waals surface area contributed by atoms with Crippen LogP contribution in [0.5, 0.6) is 0 Å². The maximum absolute atomic E-state index is 11.9. The molecule has 0 aromatic carbocycles. The number of likely N-dealkylation sites (tertiary alicyclic amines) is 1. The molecule has 1 unspecified atom stereocenters. The van der Waals surface area contributed by atoms with Gasteiger partial charge in [0, 0.05) is 20.1 Å². The van der Waals surface area contributed by atoms with E-state index < -0.39 is 0 Å². The van der Waals surface area contributed by atoms with Crippen molar-refractivity contribution in [3.8, 4) is 0 Å². The molecule has 1 aliphatic rings.